The number of hydrogen-bond acceptors (Lipinski definition) is 5. The Balaban J connectivity index is 1.53. The number of hydrogen-bond donors (Lipinski definition) is 2. The number of amides is 1. The van der Waals surface area contributed by atoms with Crippen LogP contribution >= 0.6 is 0 Å². The summed E-state index contributed by atoms with van der Waals surface area (Å²) in [5.74, 6) is 1.21. The zero-order valence-corrected chi connectivity index (χ0v) is 11.8. The second-order valence-electron chi connectivity index (χ2n) is 4.79. The van der Waals surface area contributed by atoms with Crippen molar-refractivity contribution < 1.29 is 14.3 Å². The number of fused-ring (bicyclic) bond motifs is 1. The van der Waals surface area contributed by atoms with Gasteiger partial charge in [-0.15, -0.1) is 0 Å². The zero-order chi connectivity index (χ0) is 15.4. The van der Waals surface area contributed by atoms with Crippen LogP contribution in [0.25, 0.3) is 0 Å². The van der Waals surface area contributed by atoms with E-state index in [2.05, 4.69) is 22.4 Å². The number of allylic oxidation sites excluding steroid dienone is 1. The number of rotatable bonds is 5. The molecule has 0 fully saturated rings. The molecule has 1 amide bonds. The summed E-state index contributed by atoms with van der Waals surface area (Å²) in [5.41, 5.74) is 7.54. The standard InChI is InChI=1S/C16H15N3O3/c1-11(18-19-16(20)13-3-2-6-17-9-13)7-12-4-5-14-15(8-12)22-10-21-14/h2-6,8-9,18H,1,7,10H2,(H,19,20). The van der Waals surface area contributed by atoms with Crippen LogP contribution in [0.2, 0.25) is 0 Å². The van der Waals surface area contributed by atoms with Gasteiger partial charge >= 0.3 is 0 Å². The van der Waals surface area contributed by atoms with E-state index in [0.29, 0.717) is 17.7 Å². The van der Waals surface area contributed by atoms with Crippen LogP contribution in [0.15, 0.2) is 55.0 Å². The highest BCUT2D eigenvalue weighted by molar-refractivity contribution is 5.93. The third-order valence-electron chi connectivity index (χ3n) is 3.13. The molecule has 0 aliphatic carbocycles. The molecule has 1 aromatic carbocycles. The molecule has 0 atom stereocenters. The van der Waals surface area contributed by atoms with Crippen molar-refractivity contribution in [3.05, 3.63) is 66.1 Å². The normalized spacial score (nSPS) is 11.8. The van der Waals surface area contributed by atoms with Crippen LogP contribution < -0.4 is 20.3 Å². The van der Waals surface area contributed by atoms with Gasteiger partial charge in [0.15, 0.2) is 11.5 Å². The van der Waals surface area contributed by atoms with Crippen molar-refractivity contribution in [2.75, 3.05) is 6.79 Å². The summed E-state index contributed by atoms with van der Waals surface area (Å²) >= 11 is 0. The molecule has 0 saturated carbocycles. The van der Waals surface area contributed by atoms with Gasteiger partial charge in [-0.05, 0) is 29.8 Å². The third kappa shape index (κ3) is 3.17. The fourth-order valence-corrected chi connectivity index (χ4v) is 2.06. The quantitative estimate of drug-likeness (QED) is 0.823. The fourth-order valence-electron chi connectivity index (χ4n) is 2.06. The van der Waals surface area contributed by atoms with Crippen molar-refractivity contribution in [2.24, 2.45) is 0 Å². The highest BCUT2D eigenvalue weighted by Crippen LogP contribution is 2.32. The molecule has 6 heteroatoms. The number of hydrazine groups is 1. The smallest absolute Gasteiger partial charge is 0.271 e. The second-order valence-corrected chi connectivity index (χ2v) is 4.79. The topological polar surface area (TPSA) is 72.5 Å². The summed E-state index contributed by atoms with van der Waals surface area (Å²) in [7, 11) is 0. The van der Waals surface area contributed by atoms with E-state index in [4.69, 9.17) is 9.47 Å². The Hall–Kier alpha value is -3.02. The Kier molecular flexibility index (Phi) is 3.91. The van der Waals surface area contributed by atoms with Gasteiger partial charge in [-0.3, -0.25) is 15.2 Å². The molecule has 6 nitrogen and oxygen atoms in total. The molecule has 22 heavy (non-hydrogen) atoms. The molecule has 3 rings (SSSR count). The summed E-state index contributed by atoms with van der Waals surface area (Å²) in [6, 6.07) is 9.08. The summed E-state index contributed by atoms with van der Waals surface area (Å²) < 4.78 is 10.6. The number of aromatic nitrogens is 1. The molecular formula is C16H15N3O3. The van der Waals surface area contributed by atoms with Gasteiger partial charge < -0.3 is 14.9 Å². The van der Waals surface area contributed by atoms with Crippen molar-refractivity contribution in [1.29, 1.82) is 0 Å². The first-order valence-corrected chi connectivity index (χ1v) is 6.75. The first-order valence-electron chi connectivity index (χ1n) is 6.75. The molecule has 1 aliphatic heterocycles. The minimum absolute atomic E-state index is 0.249. The minimum Gasteiger partial charge on any atom is -0.454 e. The molecule has 2 N–H and O–H groups in total. The molecule has 2 aromatic rings. The number of nitrogens with zero attached hydrogens (tertiary/aromatic N) is 1. The Bertz CT molecular complexity index is 701. The van der Waals surface area contributed by atoms with Crippen molar-refractivity contribution in [2.45, 2.75) is 6.42 Å². The number of nitrogens with one attached hydrogen (secondary N) is 2. The molecule has 1 aromatic heterocycles. The predicted molar refractivity (Wildman–Crippen MR) is 80.2 cm³/mol. The molecular weight excluding hydrogens is 282 g/mol. The average Bonchev–Trinajstić information content (AvgIpc) is 3.01. The van der Waals surface area contributed by atoms with Gasteiger partial charge in [0.1, 0.15) is 0 Å². The van der Waals surface area contributed by atoms with E-state index in [1.807, 2.05) is 18.2 Å². The first-order chi connectivity index (χ1) is 10.7. The molecule has 0 unspecified atom stereocenters. The van der Waals surface area contributed by atoms with Crippen LogP contribution in [0.1, 0.15) is 15.9 Å². The maximum Gasteiger partial charge on any atom is 0.271 e. The van der Waals surface area contributed by atoms with Crippen LogP contribution in [-0.2, 0) is 6.42 Å². The number of carbonyl (C=O) groups is 1. The highest BCUT2D eigenvalue weighted by Gasteiger charge is 2.13. The summed E-state index contributed by atoms with van der Waals surface area (Å²) in [4.78, 5) is 15.8. The molecule has 0 bridgehead atoms. The lowest BCUT2D eigenvalue weighted by Crippen LogP contribution is -2.37. The summed E-state index contributed by atoms with van der Waals surface area (Å²) in [6.07, 6.45) is 3.67. The van der Waals surface area contributed by atoms with Crippen LogP contribution in [0, 0.1) is 0 Å². The maximum absolute atomic E-state index is 11.9. The van der Waals surface area contributed by atoms with E-state index in [-0.39, 0.29) is 12.7 Å². The van der Waals surface area contributed by atoms with E-state index in [9.17, 15) is 4.79 Å². The van der Waals surface area contributed by atoms with Gasteiger partial charge in [0.05, 0.1) is 5.56 Å². The summed E-state index contributed by atoms with van der Waals surface area (Å²) in [5, 5.41) is 0. The SMILES string of the molecule is C=C(Cc1ccc2c(c1)OCO2)NNC(=O)c1cccnc1. The zero-order valence-electron chi connectivity index (χ0n) is 11.8. The largest absolute Gasteiger partial charge is 0.454 e. The van der Waals surface area contributed by atoms with Crippen LogP contribution in [0.3, 0.4) is 0 Å². The van der Waals surface area contributed by atoms with Gasteiger partial charge in [0, 0.05) is 24.5 Å². The average molecular weight is 297 g/mol. The minimum atomic E-state index is -0.264. The Morgan fingerprint density at radius 3 is 2.91 bits per heavy atom. The number of carbonyl (C=O) groups excluding carboxylic acids is 1. The van der Waals surface area contributed by atoms with Crippen molar-refractivity contribution in [3.8, 4) is 11.5 Å². The number of pyridine rings is 1. The highest BCUT2D eigenvalue weighted by atomic mass is 16.7. The first kappa shape index (κ1) is 13.9. The Labute approximate surface area is 127 Å². The Morgan fingerprint density at radius 1 is 1.23 bits per heavy atom. The van der Waals surface area contributed by atoms with Crippen LogP contribution in [0.5, 0.6) is 11.5 Å². The van der Waals surface area contributed by atoms with Gasteiger partial charge in [0.25, 0.3) is 5.91 Å². The van der Waals surface area contributed by atoms with Gasteiger partial charge in [-0.1, -0.05) is 12.6 Å². The molecule has 1 aliphatic rings. The van der Waals surface area contributed by atoms with Crippen molar-refractivity contribution >= 4 is 5.91 Å². The molecule has 0 saturated heterocycles. The lowest BCUT2D eigenvalue weighted by Gasteiger charge is -2.11. The number of ether oxygens (including phenoxy) is 2. The van der Waals surface area contributed by atoms with Crippen LogP contribution in [-0.4, -0.2) is 17.7 Å². The van der Waals surface area contributed by atoms with Gasteiger partial charge in [0.2, 0.25) is 6.79 Å². The van der Waals surface area contributed by atoms with Gasteiger partial charge in [-0.25, -0.2) is 0 Å². The fraction of sp³-hybridized carbons (Fsp3) is 0.125. The van der Waals surface area contributed by atoms with Crippen molar-refractivity contribution in [1.82, 2.24) is 15.8 Å². The molecule has 112 valence electrons. The molecule has 2 heterocycles. The van der Waals surface area contributed by atoms with E-state index < -0.39 is 0 Å². The Morgan fingerprint density at radius 2 is 2.09 bits per heavy atom. The molecule has 0 spiro atoms. The van der Waals surface area contributed by atoms with E-state index in [0.717, 1.165) is 17.1 Å². The maximum atomic E-state index is 11.9. The van der Waals surface area contributed by atoms with Crippen molar-refractivity contribution in [3.63, 3.8) is 0 Å². The third-order valence-corrected chi connectivity index (χ3v) is 3.13. The monoisotopic (exact) mass is 297 g/mol. The summed E-state index contributed by atoms with van der Waals surface area (Å²) in [6.45, 7) is 4.14. The lowest BCUT2D eigenvalue weighted by atomic mass is 10.1. The lowest BCUT2D eigenvalue weighted by molar-refractivity contribution is 0.0938. The van der Waals surface area contributed by atoms with E-state index in [1.54, 1.807) is 18.3 Å². The molecule has 0 radical (unpaired) electrons. The van der Waals surface area contributed by atoms with Gasteiger partial charge in [-0.2, -0.15) is 0 Å². The van der Waals surface area contributed by atoms with Crippen LogP contribution in [0.4, 0.5) is 0 Å². The second kappa shape index (κ2) is 6.17. The predicted octanol–water partition coefficient (Wildman–Crippen LogP) is 1.80. The number of benzene rings is 1. The van der Waals surface area contributed by atoms with E-state index >= 15 is 0 Å². The van der Waals surface area contributed by atoms with E-state index in [1.165, 1.54) is 6.20 Å².